The Hall–Kier alpha value is -6.94. The molecule has 0 aliphatic carbocycles. The zero-order valence-corrected chi connectivity index (χ0v) is 26.4. The van der Waals surface area contributed by atoms with Crippen LogP contribution < -0.4 is 0 Å². The van der Waals surface area contributed by atoms with Gasteiger partial charge in [-0.3, -0.25) is 0 Å². The number of hydrogen-bond acceptors (Lipinski definition) is 1. The van der Waals surface area contributed by atoms with Crippen molar-refractivity contribution in [1.82, 2.24) is 4.57 Å². The lowest BCUT2D eigenvalue weighted by molar-refractivity contribution is 1.18. The molecule has 0 atom stereocenters. The van der Waals surface area contributed by atoms with Crippen molar-refractivity contribution < 1.29 is 0 Å². The highest BCUT2D eigenvalue weighted by molar-refractivity contribution is 6.21. The van der Waals surface area contributed by atoms with Gasteiger partial charge in [-0.15, -0.1) is 0 Å². The first-order valence-electron chi connectivity index (χ1n) is 16.3. The molecule has 0 aliphatic rings. The molecule has 3 heteroatoms. The fourth-order valence-corrected chi connectivity index (χ4v) is 7.51. The molecule has 9 rings (SSSR count). The zero-order valence-electron chi connectivity index (χ0n) is 26.4. The van der Waals surface area contributed by atoms with Crippen molar-refractivity contribution in [3.05, 3.63) is 181 Å². The molecule has 226 valence electrons. The SMILES string of the molecule is [C-]#[N+]c1ccc(-n2c3ccccc3c3cc(C#N)ccc32)cc1-c1cccc(-c2c3ccccc3c(-c3ccccc3)c3ccccc23)c1. The number of nitriles is 1. The molecular weight excluding hydrogens is 595 g/mol. The Morgan fingerprint density at radius 1 is 0.469 bits per heavy atom. The monoisotopic (exact) mass is 621 g/mol. The van der Waals surface area contributed by atoms with Crippen LogP contribution >= 0.6 is 0 Å². The molecule has 0 saturated heterocycles. The van der Waals surface area contributed by atoms with Gasteiger partial charge in [0.2, 0.25) is 0 Å². The molecule has 0 aliphatic heterocycles. The molecular formula is C46H27N3. The maximum absolute atomic E-state index is 9.62. The van der Waals surface area contributed by atoms with Crippen molar-refractivity contribution in [3.8, 4) is 45.1 Å². The molecule has 49 heavy (non-hydrogen) atoms. The quantitative estimate of drug-likeness (QED) is 0.142. The first kappa shape index (κ1) is 28.3. The fourth-order valence-electron chi connectivity index (χ4n) is 7.51. The number of fused-ring (bicyclic) bond motifs is 5. The van der Waals surface area contributed by atoms with Crippen LogP contribution in [-0.4, -0.2) is 4.57 Å². The second-order valence-corrected chi connectivity index (χ2v) is 12.3. The lowest BCUT2D eigenvalue weighted by atomic mass is 9.85. The summed E-state index contributed by atoms with van der Waals surface area (Å²) >= 11 is 0. The highest BCUT2D eigenvalue weighted by Crippen LogP contribution is 2.45. The number of hydrogen-bond donors (Lipinski definition) is 0. The third-order valence-corrected chi connectivity index (χ3v) is 9.62. The van der Waals surface area contributed by atoms with Crippen LogP contribution in [0.2, 0.25) is 0 Å². The molecule has 9 aromatic rings. The Kier molecular flexibility index (Phi) is 6.58. The number of aromatic nitrogens is 1. The van der Waals surface area contributed by atoms with Crippen LogP contribution in [-0.2, 0) is 0 Å². The van der Waals surface area contributed by atoms with Gasteiger partial charge in [-0.05, 0) is 97.4 Å². The Morgan fingerprint density at radius 2 is 1.04 bits per heavy atom. The van der Waals surface area contributed by atoms with Crippen molar-refractivity contribution in [2.75, 3.05) is 0 Å². The first-order valence-corrected chi connectivity index (χ1v) is 16.3. The molecule has 0 fully saturated rings. The standard InChI is InChI=1S/C46H27N3/c1-48-42-24-23-34(49-43-21-10-9-16-35(43)41-26-30(29-47)22-25-44(41)49)28-40(42)32-14-11-15-33(27-32)46-38-19-7-5-17-36(38)45(31-12-3-2-4-13-31)37-18-6-8-20-39(37)46/h2-28H. The Labute approximate surface area is 284 Å². The first-order chi connectivity index (χ1) is 24.2. The normalized spacial score (nSPS) is 11.2. The molecule has 0 amide bonds. The summed E-state index contributed by atoms with van der Waals surface area (Å²) in [7, 11) is 0. The Bertz CT molecular complexity index is 2790. The van der Waals surface area contributed by atoms with Crippen LogP contribution in [0.15, 0.2) is 164 Å². The van der Waals surface area contributed by atoms with E-state index in [9.17, 15) is 5.26 Å². The van der Waals surface area contributed by atoms with Gasteiger partial charge in [0.15, 0.2) is 5.69 Å². The molecule has 8 aromatic carbocycles. The van der Waals surface area contributed by atoms with Gasteiger partial charge in [0, 0.05) is 16.5 Å². The van der Waals surface area contributed by atoms with Gasteiger partial charge in [0.25, 0.3) is 0 Å². The van der Waals surface area contributed by atoms with E-state index in [-0.39, 0.29) is 0 Å². The van der Waals surface area contributed by atoms with Crippen molar-refractivity contribution in [1.29, 1.82) is 5.26 Å². The minimum absolute atomic E-state index is 0.600. The summed E-state index contributed by atoms with van der Waals surface area (Å²) in [5.41, 5.74) is 10.9. The van der Waals surface area contributed by atoms with Gasteiger partial charge in [-0.2, -0.15) is 5.26 Å². The number of nitrogens with zero attached hydrogens (tertiary/aromatic N) is 3. The van der Waals surface area contributed by atoms with Crippen LogP contribution in [0.5, 0.6) is 0 Å². The lowest BCUT2D eigenvalue weighted by Crippen LogP contribution is -1.95. The van der Waals surface area contributed by atoms with Crippen molar-refractivity contribution >= 4 is 49.0 Å². The molecule has 0 unspecified atom stereocenters. The van der Waals surface area contributed by atoms with Gasteiger partial charge >= 0.3 is 0 Å². The van der Waals surface area contributed by atoms with E-state index in [1.807, 2.05) is 42.5 Å². The van der Waals surface area contributed by atoms with Crippen LogP contribution in [0.1, 0.15) is 5.56 Å². The molecule has 1 heterocycles. The van der Waals surface area contributed by atoms with E-state index in [1.54, 1.807) is 0 Å². The molecule has 0 saturated carbocycles. The van der Waals surface area contributed by atoms with E-state index >= 15 is 0 Å². The summed E-state index contributed by atoms with van der Waals surface area (Å²) in [4.78, 5) is 3.97. The molecule has 3 nitrogen and oxygen atoms in total. The van der Waals surface area contributed by atoms with Gasteiger partial charge in [0.1, 0.15) is 0 Å². The van der Waals surface area contributed by atoms with Gasteiger partial charge in [0.05, 0.1) is 29.2 Å². The highest BCUT2D eigenvalue weighted by Gasteiger charge is 2.18. The van der Waals surface area contributed by atoms with E-state index in [2.05, 4.69) is 137 Å². The molecule has 0 spiro atoms. The zero-order chi connectivity index (χ0) is 32.9. The predicted octanol–water partition coefficient (Wildman–Crippen LogP) is 12.5. The summed E-state index contributed by atoms with van der Waals surface area (Å²) in [5, 5.41) is 16.5. The van der Waals surface area contributed by atoms with Crippen LogP contribution in [0.3, 0.4) is 0 Å². The van der Waals surface area contributed by atoms with Crippen LogP contribution in [0, 0.1) is 17.9 Å². The summed E-state index contributed by atoms with van der Waals surface area (Å²) in [6.45, 7) is 8.11. The molecule has 0 radical (unpaired) electrons. The maximum Gasteiger partial charge on any atom is 0.195 e. The minimum Gasteiger partial charge on any atom is -0.309 e. The second kappa shape index (κ2) is 11.4. The Balaban J connectivity index is 1.27. The number of rotatable bonds is 4. The Morgan fingerprint density at radius 3 is 1.71 bits per heavy atom. The largest absolute Gasteiger partial charge is 0.309 e. The highest BCUT2D eigenvalue weighted by atomic mass is 15.0. The van der Waals surface area contributed by atoms with Crippen molar-refractivity contribution in [2.45, 2.75) is 0 Å². The lowest BCUT2D eigenvalue weighted by Gasteiger charge is -2.18. The maximum atomic E-state index is 9.62. The van der Waals surface area contributed by atoms with Crippen molar-refractivity contribution in [3.63, 3.8) is 0 Å². The average molecular weight is 622 g/mol. The average Bonchev–Trinajstić information content (AvgIpc) is 3.50. The molecule has 0 N–H and O–H groups in total. The summed E-state index contributed by atoms with van der Waals surface area (Å²) in [5.74, 6) is 0. The van der Waals surface area contributed by atoms with E-state index in [0.29, 0.717) is 11.3 Å². The third kappa shape index (κ3) is 4.49. The predicted molar refractivity (Wildman–Crippen MR) is 203 cm³/mol. The van der Waals surface area contributed by atoms with Gasteiger partial charge < -0.3 is 4.57 Å². The summed E-state index contributed by atoms with van der Waals surface area (Å²) < 4.78 is 2.23. The van der Waals surface area contributed by atoms with Crippen molar-refractivity contribution in [2.24, 2.45) is 0 Å². The fraction of sp³-hybridized carbons (Fsp3) is 0. The number of para-hydroxylation sites is 1. The van der Waals surface area contributed by atoms with E-state index < -0.39 is 0 Å². The van der Waals surface area contributed by atoms with Gasteiger partial charge in [-0.25, -0.2) is 4.85 Å². The van der Waals surface area contributed by atoms with E-state index in [1.165, 1.54) is 38.2 Å². The number of benzene rings is 8. The van der Waals surface area contributed by atoms with Crippen LogP contribution in [0.25, 0.3) is 87.3 Å². The smallest absolute Gasteiger partial charge is 0.195 e. The molecule has 0 bridgehead atoms. The topological polar surface area (TPSA) is 33.1 Å². The van der Waals surface area contributed by atoms with Gasteiger partial charge in [-0.1, -0.05) is 121 Å². The third-order valence-electron chi connectivity index (χ3n) is 9.62. The second-order valence-electron chi connectivity index (χ2n) is 12.3. The summed E-state index contributed by atoms with van der Waals surface area (Å²) in [6.07, 6.45) is 0. The summed E-state index contributed by atoms with van der Waals surface area (Å²) in [6, 6.07) is 59.1. The minimum atomic E-state index is 0.600. The van der Waals surface area contributed by atoms with Crippen LogP contribution in [0.4, 0.5) is 5.69 Å². The van der Waals surface area contributed by atoms with E-state index in [4.69, 9.17) is 6.57 Å². The van der Waals surface area contributed by atoms with E-state index in [0.717, 1.165) is 44.2 Å². The molecule has 1 aromatic heterocycles.